The maximum absolute atomic E-state index is 12.2. The molecule has 6 rings (SSSR count). The lowest BCUT2D eigenvalue weighted by Gasteiger charge is -2.33. The van der Waals surface area contributed by atoms with Crippen LogP contribution in [-0.4, -0.2) is 92.3 Å². The van der Waals surface area contributed by atoms with Gasteiger partial charge in [0, 0.05) is 63.0 Å². The standard InChI is InChI=1S/C20H18O8.2C16H25NO3/c1-11-3-7-13(8-4-11)19(25)27-15(17(21)22)16(18(23)24)28-20(26)14-9-5-12(2)6-10-14;2*1-15(2,3)17-9-13(18)11-6-7-14-12(8-11)10-19-16(4,5)20-14/h3-10,15-16H,1-2H3,(H,21,22)(H,23,24);2*6-8,13,17-18H,9-10H2,1-5H3/t15-,16-;2*13-/m000/s1. The Kier molecular flexibility index (Phi) is 18.5. The number of carboxylic acids is 2. The molecule has 68 heavy (non-hydrogen) atoms. The van der Waals surface area contributed by atoms with Gasteiger partial charge < -0.3 is 59.5 Å². The zero-order chi connectivity index (χ0) is 50.8. The van der Waals surface area contributed by atoms with E-state index in [0.717, 1.165) is 44.9 Å². The number of β-amino-alcohol motifs (C(OH)–C–C–N with tert-alkyl or cyclic N) is 2. The Morgan fingerprint density at radius 1 is 0.574 bits per heavy atom. The van der Waals surface area contributed by atoms with Crippen molar-refractivity contribution in [3.8, 4) is 11.5 Å². The second kappa shape index (κ2) is 22.9. The van der Waals surface area contributed by atoms with E-state index in [2.05, 4.69) is 52.2 Å². The number of esters is 2. The number of nitrogens with one attached hydrogen (secondary N) is 2. The van der Waals surface area contributed by atoms with Crippen LogP contribution >= 0.6 is 0 Å². The van der Waals surface area contributed by atoms with Crippen LogP contribution in [0.3, 0.4) is 0 Å². The number of ether oxygens (including phenoxy) is 6. The Balaban J connectivity index is 0.000000227. The van der Waals surface area contributed by atoms with Crippen molar-refractivity contribution in [3.63, 3.8) is 0 Å². The third kappa shape index (κ3) is 17.3. The molecule has 2 aliphatic rings. The van der Waals surface area contributed by atoms with E-state index >= 15 is 0 Å². The lowest BCUT2D eigenvalue weighted by molar-refractivity contribution is -0.180. The van der Waals surface area contributed by atoms with Crippen LogP contribution in [0.25, 0.3) is 0 Å². The predicted octanol–water partition coefficient (Wildman–Crippen LogP) is 7.73. The normalized spacial score (nSPS) is 16.4. The molecule has 16 nitrogen and oxygen atoms in total. The van der Waals surface area contributed by atoms with Gasteiger partial charge in [-0.15, -0.1) is 0 Å². The van der Waals surface area contributed by atoms with Gasteiger partial charge in [0.05, 0.1) is 36.5 Å². The van der Waals surface area contributed by atoms with E-state index in [4.69, 9.17) is 28.4 Å². The van der Waals surface area contributed by atoms with Gasteiger partial charge in [0.25, 0.3) is 0 Å². The van der Waals surface area contributed by atoms with Crippen LogP contribution in [0.4, 0.5) is 0 Å². The van der Waals surface area contributed by atoms with Crippen LogP contribution in [0.2, 0.25) is 0 Å². The van der Waals surface area contributed by atoms with E-state index < -0.39 is 59.9 Å². The van der Waals surface area contributed by atoms with Crippen LogP contribution in [0.15, 0.2) is 84.9 Å². The van der Waals surface area contributed by atoms with Gasteiger partial charge in [-0.1, -0.05) is 47.5 Å². The van der Waals surface area contributed by atoms with Gasteiger partial charge in [-0.2, -0.15) is 0 Å². The average molecular weight is 945 g/mol. The predicted molar refractivity (Wildman–Crippen MR) is 253 cm³/mol. The van der Waals surface area contributed by atoms with E-state index in [-0.39, 0.29) is 22.2 Å². The first-order chi connectivity index (χ1) is 31.5. The summed E-state index contributed by atoms with van der Waals surface area (Å²) in [6.45, 7) is 25.7. The molecule has 0 spiro atoms. The smallest absolute Gasteiger partial charge is 0.349 e. The molecule has 2 aliphatic heterocycles. The van der Waals surface area contributed by atoms with Crippen molar-refractivity contribution in [1.29, 1.82) is 0 Å². The number of carbonyl (C=O) groups excluding carboxylic acids is 2. The summed E-state index contributed by atoms with van der Waals surface area (Å²) in [5, 5.41) is 45.7. The van der Waals surface area contributed by atoms with Crippen LogP contribution in [-0.2, 0) is 41.8 Å². The van der Waals surface area contributed by atoms with Crippen LogP contribution < -0.4 is 20.1 Å². The summed E-state index contributed by atoms with van der Waals surface area (Å²) in [7, 11) is 0. The number of hydrogen-bond acceptors (Lipinski definition) is 14. The summed E-state index contributed by atoms with van der Waals surface area (Å²) in [6.07, 6.45) is -5.51. The van der Waals surface area contributed by atoms with E-state index in [1.807, 2.05) is 64.1 Å². The lowest BCUT2D eigenvalue weighted by Crippen LogP contribution is -2.45. The number of aliphatic hydroxyl groups excluding tert-OH is 2. The van der Waals surface area contributed by atoms with E-state index in [1.165, 1.54) is 24.3 Å². The minimum absolute atomic E-state index is 0.00850. The number of aliphatic carboxylic acids is 2. The SMILES string of the molecule is CC(C)(C)NC[C@H](O)c1ccc2c(c1)COC(C)(C)O2.CC(C)(C)NC[C@H](O)c1ccc2c(c1)COC(C)(C)O2.Cc1ccc(C(=O)O[C@H](C(=O)O)[C@H](OC(=O)c2ccc(C)cc2)C(=O)O)cc1. The molecule has 0 amide bonds. The summed E-state index contributed by atoms with van der Waals surface area (Å²) in [5.74, 6) is -5.12. The molecular weight excluding hydrogens is 877 g/mol. The molecule has 6 N–H and O–H groups in total. The maximum Gasteiger partial charge on any atom is 0.349 e. The molecule has 0 radical (unpaired) electrons. The fourth-order valence-corrected chi connectivity index (χ4v) is 6.40. The molecule has 16 heteroatoms. The summed E-state index contributed by atoms with van der Waals surface area (Å²) >= 11 is 0. The fourth-order valence-electron chi connectivity index (χ4n) is 6.40. The highest BCUT2D eigenvalue weighted by Crippen LogP contribution is 2.34. The second-order valence-corrected chi connectivity index (χ2v) is 19.7. The first-order valence-electron chi connectivity index (χ1n) is 22.3. The summed E-state index contributed by atoms with van der Waals surface area (Å²) in [5.41, 5.74) is 5.50. The molecule has 0 aliphatic carbocycles. The number of aryl methyl sites for hydroxylation is 2. The van der Waals surface area contributed by atoms with Crippen molar-refractivity contribution in [2.24, 2.45) is 0 Å². The van der Waals surface area contributed by atoms with Crippen LogP contribution in [0.5, 0.6) is 11.5 Å². The molecule has 4 aromatic carbocycles. The summed E-state index contributed by atoms with van der Waals surface area (Å²) in [4.78, 5) is 47.3. The highest BCUT2D eigenvalue weighted by atomic mass is 16.7. The van der Waals surface area contributed by atoms with Crippen molar-refractivity contribution in [2.45, 2.75) is 143 Å². The van der Waals surface area contributed by atoms with Crippen molar-refractivity contribution >= 4 is 23.9 Å². The number of hydrogen-bond donors (Lipinski definition) is 6. The Hall–Kier alpha value is -5.88. The van der Waals surface area contributed by atoms with Crippen LogP contribution in [0.1, 0.15) is 136 Å². The number of carbonyl (C=O) groups is 4. The number of carboxylic acid groups (broad SMARTS) is 2. The fraction of sp³-hybridized carbons (Fsp3) is 0.462. The molecular formula is C52H68N2O14. The molecule has 0 saturated carbocycles. The Bertz CT molecular complexity index is 2180. The highest BCUT2D eigenvalue weighted by molar-refractivity contribution is 5.95. The van der Waals surface area contributed by atoms with Crippen molar-refractivity contribution in [1.82, 2.24) is 10.6 Å². The molecule has 0 aromatic heterocycles. The second-order valence-electron chi connectivity index (χ2n) is 19.7. The minimum Gasteiger partial charge on any atom is -0.478 e. The van der Waals surface area contributed by atoms with Crippen molar-refractivity contribution in [3.05, 3.63) is 129 Å². The van der Waals surface area contributed by atoms with Gasteiger partial charge in [0.1, 0.15) is 11.5 Å². The van der Waals surface area contributed by atoms with Gasteiger partial charge in [0.15, 0.2) is 0 Å². The molecule has 0 fully saturated rings. The molecule has 370 valence electrons. The number of fused-ring (bicyclic) bond motifs is 2. The van der Waals surface area contributed by atoms with Crippen LogP contribution in [0, 0.1) is 13.8 Å². The lowest BCUT2D eigenvalue weighted by atomic mass is 10.0. The molecule has 0 saturated heterocycles. The molecule has 0 bridgehead atoms. The van der Waals surface area contributed by atoms with E-state index in [9.17, 15) is 39.6 Å². The number of aliphatic hydroxyl groups is 2. The zero-order valence-corrected chi connectivity index (χ0v) is 41.1. The van der Waals surface area contributed by atoms with E-state index in [0.29, 0.717) is 26.3 Å². The monoisotopic (exact) mass is 944 g/mol. The highest BCUT2D eigenvalue weighted by Gasteiger charge is 2.41. The van der Waals surface area contributed by atoms with Gasteiger partial charge >= 0.3 is 23.9 Å². The third-order valence-corrected chi connectivity index (χ3v) is 10.3. The largest absolute Gasteiger partial charge is 0.478 e. The molecule has 4 aromatic rings. The molecule has 0 unspecified atom stereocenters. The average Bonchev–Trinajstić information content (AvgIpc) is 3.25. The molecule has 4 atom stereocenters. The van der Waals surface area contributed by atoms with Crippen molar-refractivity contribution < 1.29 is 68.0 Å². The van der Waals surface area contributed by atoms with Gasteiger partial charge in [-0.25, -0.2) is 19.2 Å². The third-order valence-electron chi connectivity index (χ3n) is 10.3. The maximum atomic E-state index is 12.2. The number of benzene rings is 4. The first-order valence-corrected chi connectivity index (χ1v) is 22.3. The van der Waals surface area contributed by atoms with Crippen molar-refractivity contribution in [2.75, 3.05) is 13.1 Å². The molecule has 2 heterocycles. The van der Waals surface area contributed by atoms with Gasteiger partial charge in [-0.3, -0.25) is 0 Å². The van der Waals surface area contributed by atoms with Gasteiger partial charge in [-0.05, 0) is 115 Å². The summed E-state index contributed by atoms with van der Waals surface area (Å²) in [6, 6.07) is 23.6. The Morgan fingerprint density at radius 2 is 0.897 bits per heavy atom. The van der Waals surface area contributed by atoms with E-state index in [1.54, 1.807) is 38.1 Å². The number of rotatable bonds is 13. The Morgan fingerprint density at radius 3 is 1.19 bits per heavy atom. The topological polar surface area (TPSA) is 229 Å². The van der Waals surface area contributed by atoms with Gasteiger partial charge in [0.2, 0.25) is 23.8 Å². The quantitative estimate of drug-likeness (QED) is 0.0705. The minimum atomic E-state index is -2.22. The Labute approximate surface area is 398 Å². The first kappa shape index (κ1) is 54.7. The summed E-state index contributed by atoms with van der Waals surface area (Å²) < 4.78 is 32.4. The zero-order valence-electron chi connectivity index (χ0n) is 41.1.